The van der Waals surface area contributed by atoms with Gasteiger partial charge in [0, 0.05) is 6.92 Å². The summed E-state index contributed by atoms with van der Waals surface area (Å²) in [5.41, 5.74) is 0. The van der Waals surface area contributed by atoms with Crippen molar-refractivity contribution in [2.75, 3.05) is 7.05 Å². The molecule has 0 aromatic rings. The van der Waals surface area contributed by atoms with Crippen LogP contribution in [0.1, 0.15) is 6.92 Å². The van der Waals surface area contributed by atoms with Crippen molar-refractivity contribution in [1.29, 1.82) is 0 Å². The second-order valence-corrected chi connectivity index (χ2v) is 1.59. The Balaban J connectivity index is 2.69. The molecule has 0 aliphatic carbocycles. The fourth-order valence-corrected chi connectivity index (χ4v) is 0.440. The molecule has 0 bridgehead atoms. The van der Waals surface area contributed by atoms with E-state index in [0.717, 1.165) is 5.84 Å². The van der Waals surface area contributed by atoms with E-state index in [1.165, 1.54) is 0 Å². The van der Waals surface area contributed by atoms with Crippen LogP contribution in [0.3, 0.4) is 0 Å². The molecular weight excluding hydrogens is 88.1 g/mol. The summed E-state index contributed by atoms with van der Waals surface area (Å²) in [6.07, 6.45) is 3.71. The van der Waals surface area contributed by atoms with E-state index >= 15 is 0 Å². The van der Waals surface area contributed by atoms with E-state index in [2.05, 4.69) is 4.99 Å². The van der Waals surface area contributed by atoms with Crippen LogP contribution in [-0.4, -0.2) is 17.8 Å². The molecule has 0 saturated heterocycles. The number of nitrogens with zero attached hydrogens (tertiary/aromatic N) is 2. The summed E-state index contributed by atoms with van der Waals surface area (Å²) in [5, 5.41) is 0. The summed E-state index contributed by atoms with van der Waals surface area (Å²) >= 11 is 0. The van der Waals surface area contributed by atoms with Crippen molar-refractivity contribution in [3.8, 4) is 0 Å². The van der Waals surface area contributed by atoms with Crippen molar-refractivity contribution in [1.82, 2.24) is 9.89 Å². The van der Waals surface area contributed by atoms with Crippen molar-refractivity contribution in [3.05, 3.63) is 12.4 Å². The average Bonchev–Trinajstić information content (AvgIpc) is 1.91. The largest absolute Gasteiger partial charge is 0.295 e. The highest BCUT2D eigenvalue weighted by Crippen LogP contribution is 1.89. The van der Waals surface area contributed by atoms with Crippen molar-refractivity contribution in [3.63, 3.8) is 0 Å². The quantitative estimate of drug-likeness (QED) is 0.420. The molecule has 0 N–H and O–H groups in total. The molecule has 0 atom stereocenters. The number of aliphatic imine (C=N–C) groups is 1. The van der Waals surface area contributed by atoms with Gasteiger partial charge in [0.1, 0.15) is 6.20 Å². The van der Waals surface area contributed by atoms with Gasteiger partial charge < -0.3 is 0 Å². The highest BCUT2D eigenvalue weighted by molar-refractivity contribution is 5.81. The van der Waals surface area contributed by atoms with Crippen LogP contribution in [0.2, 0.25) is 0 Å². The molecule has 0 spiro atoms. The van der Waals surface area contributed by atoms with Gasteiger partial charge in [0.25, 0.3) is 5.84 Å². The molecule has 37 valence electrons. The average molecular weight is 96.1 g/mol. The van der Waals surface area contributed by atoms with Crippen LogP contribution >= 0.6 is 0 Å². The first-order valence-electron chi connectivity index (χ1n) is 2.24. The SMILES string of the molecule is CC1=[N+]C=CN1C. The van der Waals surface area contributed by atoms with Gasteiger partial charge >= 0.3 is 0 Å². The summed E-state index contributed by atoms with van der Waals surface area (Å²) in [4.78, 5) is 5.95. The maximum atomic E-state index is 3.98. The molecule has 0 aromatic heterocycles. The predicted octanol–water partition coefficient (Wildman–Crippen LogP) is 0.157. The summed E-state index contributed by atoms with van der Waals surface area (Å²) in [5.74, 6) is 1.06. The summed E-state index contributed by atoms with van der Waals surface area (Å²) in [6.45, 7) is 1.97. The van der Waals surface area contributed by atoms with Gasteiger partial charge in [0.05, 0.1) is 7.05 Å². The van der Waals surface area contributed by atoms with Crippen LogP contribution in [-0.2, 0) is 0 Å². The summed E-state index contributed by atoms with van der Waals surface area (Å²) in [6, 6.07) is 0. The lowest BCUT2D eigenvalue weighted by Crippen LogP contribution is -2.15. The van der Waals surface area contributed by atoms with E-state index in [4.69, 9.17) is 0 Å². The second-order valence-electron chi connectivity index (χ2n) is 1.59. The van der Waals surface area contributed by atoms with Gasteiger partial charge in [0.2, 0.25) is 0 Å². The first-order chi connectivity index (χ1) is 3.30. The summed E-state index contributed by atoms with van der Waals surface area (Å²) in [7, 11) is 1.97. The van der Waals surface area contributed by atoms with Crippen molar-refractivity contribution < 1.29 is 0 Å². The van der Waals surface area contributed by atoms with E-state index in [9.17, 15) is 0 Å². The van der Waals surface area contributed by atoms with Crippen LogP contribution in [0.4, 0.5) is 0 Å². The van der Waals surface area contributed by atoms with Crippen LogP contribution in [0.15, 0.2) is 12.4 Å². The lowest BCUT2D eigenvalue weighted by atomic mass is 10.6. The third kappa shape index (κ3) is 0.633. The third-order valence-corrected chi connectivity index (χ3v) is 1.06. The molecule has 0 saturated carbocycles. The molecule has 2 nitrogen and oxygen atoms in total. The first-order valence-corrected chi connectivity index (χ1v) is 2.24. The number of rotatable bonds is 0. The van der Waals surface area contributed by atoms with Crippen molar-refractivity contribution in [2.45, 2.75) is 6.92 Å². The zero-order chi connectivity index (χ0) is 5.28. The van der Waals surface area contributed by atoms with E-state index < -0.39 is 0 Å². The van der Waals surface area contributed by atoms with Gasteiger partial charge in [0.15, 0.2) is 6.20 Å². The number of amidine groups is 1. The molecule has 1 aliphatic heterocycles. The molecule has 0 fully saturated rings. The Bertz CT molecular complexity index is 124. The minimum absolute atomic E-state index is 1.06. The zero-order valence-electron chi connectivity index (χ0n) is 4.55. The van der Waals surface area contributed by atoms with Crippen molar-refractivity contribution in [2.24, 2.45) is 0 Å². The van der Waals surface area contributed by atoms with Gasteiger partial charge in [-0.25, -0.2) is 4.90 Å². The second kappa shape index (κ2) is 1.37. The zero-order valence-corrected chi connectivity index (χ0v) is 4.55. The molecule has 2 heteroatoms. The third-order valence-electron chi connectivity index (χ3n) is 1.06. The topological polar surface area (TPSA) is 17.3 Å². The smallest absolute Gasteiger partial charge is 0.234 e. The molecule has 1 rings (SSSR count). The van der Waals surface area contributed by atoms with Gasteiger partial charge in [-0.15, -0.1) is 0 Å². The van der Waals surface area contributed by atoms with Crippen LogP contribution in [0.25, 0.3) is 0 Å². The Morgan fingerprint density at radius 1 is 1.71 bits per heavy atom. The maximum Gasteiger partial charge on any atom is 0.295 e. The number of hydrogen-bond donors (Lipinski definition) is 0. The lowest BCUT2D eigenvalue weighted by Gasteiger charge is -1.92. The molecule has 7 heavy (non-hydrogen) atoms. The fourth-order valence-electron chi connectivity index (χ4n) is 0.440. The summed E-state index contributed by atoms with van der Waals surface area (Å²) < 4.78 is 0. The van der Waals surface area contributed by atoms with Gasteiger partial charge in [-0.1, -0.05) is 4.99 Å². The molecular formula is C5H8N2+. The van der Waals surface area contributed by atoms with E-state index in [-0.39, 0.29) is 0 Å². The van der Waals surface area contributed by atoms with E-state index in [1.807, 2.05) is 25.1 Å². The highest BCUT2D eigenvalue weighted by Gasteiger charge is 2.10. The highest BCUT2D eigenvalue weighted by atomic mass is 15.2. The van der Waals surface area contributed by atoms with E-state index in [0.29, 0.717) is 0 Å². The Hall–Kier alpha value is -0.790. The number of hydrogen-bond acceptors (Lipinski definition) is 2. The van der Waals surface area contributed by atoms with Gasteiger partial charge in [-0.05, 0) is 0 Å². The molecule has 1 heterocycles. The Morgan fingerprint density at radius 2 is 2.43 bits per heavy atom. The van der Waals surface area contributed by atoms with E-state index in [1.54, 1.807) is 6.20 Å². The monoisotopic (exact) mass is 96.1 g/mol. The molecule has 0 amide bonds. The predicted molar refractivity (Wildman–Crippen MR) is 29.7 cm³/mol. The standard InChI is InChI=1S/C5H8N2/c1-5-6-3-4-7(5)2/h3-4H,1-2H3/q+1. The Labute approximate surface area is 43.2 Å². The molecule has 1 aliphatic rings. The van der Waals surface area contributed by atoms with Crippen molar-refractivity contribution >= 4 is 5.84 Å². The normalized spacial score (nSPS) is 18.0. The van der Waals surface area contributed by atoms with Gasteiger partial charge in [-0.2, -0.15) is 0 Å². The minimum atomic E-state index is 1.06. The molecule has 0 unspecified atom stereocenters. The molecule has 1 radical (unpaired) electrons. The lowest BCUT2D eigenvalue weighted by molar-refractivity contribution is 0.698. The minimum Gasteiger partial charge on any atom is -0.234 e. The van der Waals surface area contributed by atoms with Crippen LogP contribution < -0.4 is 4.99 Å². The molecule has 0 aromatic carbocycles. The fraction of sp³-hybridized carbons (Fsp3) is 0.400. The Kier molecular flexibility index (Phi) is 0.855. The van der Waals surface area contributed by atoms with Crippen LogP contribution in [0.5, 0.6) is 0 Å². The van der Waals surface area contributed by atoms with Crippen LogP contribution in [0, 0.1) is 0 Å². The Morgan fingerprint density at radius 3 is 2.57 bits per heavy atom. The maximum absolute atomic E-state index is 3.98. The van der Waals surface area contributed by atoms with Gasteiger partial charge in [-0.3, -0.25) is 0 Å². The first kappa shape index (κ1) is 4.37.